The van der Waals surface area contributed by atoms with E-state index < -0.39 is 0 Å². The normalized spacial score (nSPS) is 15.2. The monoisotopic (exact) mass is 172 g/mol. The van der Waals surface area contributed by atoms with Crippen molar-refractivity contribution < 1.29 is 0 Å². The number of aromatic amines is 1. The summed E-state index contributed by atoms with van der Waals surface area (Å²) in [6.07, 6.45) is 0. The Hall–Kier alpha value is -1.28. The molecule has 2 heteroatoms. The van der Waals surface area contributed by atoms with Crippen molar-refractivity contribution in [3.05, 3.63) is 35.0 Å². The molecule has 1 aromatic carbocycles. The highest BCUT2D eigenvalue weighted by atomic mass is 14.9. The van der Waals surface area contributed by atoms with Crippen molar-refractivity contribution in [2.45, 2.75) is 20.0 Å². The van der Waals surface area contributed by atoms with E-state index in [1.807, 2.05) is 0 Å². The molecule has 0 spiro atoms. The van der Waals surface area contributed by atoms with Gasteiger partial charge < -0.3 is 10.3 Å². The van der Waals surface area contributed by atoms with E-state index in [4.69, 9.17) is 0 Å². The van der Waals surface area contributed by atoms with Crippen LogP contribution >= 0.6 is 0 Å². The van der Waals surface area contributed by atoms with Crippen LogP contribution < -0.4 is 5.32 Å². The van der Waals surface area contributed by atoms with Crippen molar-refractivity contribution in [1.29, 1.82) is 0 Å². The Kier molecular flexibility index (Phi) is 1.30. The van der Waals surface area contributed by atoms with Gasteiger partial charge in [-0.2, -0.15) is 0 Å². The predicted octanol–water partition coefficient (Wildman–Crippen LogP) is 2.08. The van der Waals surface area contributed by atoms with E-state index in [9.17, 15) is 0 Å². The Morgan fingerprint density at radius 2 is 2.15 bits per heavy atom. The van der Waals surface area contributed by atoms with Gasteiger partial charge in [0.05, 0.1) is 0 Å². The molecule has 1 aliphatic heterocycles. The summed E-state index contributed by atoms with van der Waals surface area (Å²) in [5.41, 5.74) is 5.48. The highest BCUT2D eigenvalue weighted by Crippen LogP contribution is 2.27. The molecule has 0 saturated heterocycles. The van der Waals surface area contributed by atoms with Gasteiger partial charge >= 0.3 is 0 Å². The molecule has 0 unspecified atom stereocenters. The minimum Gasteiger partial charge on any atom is -0.357 e. The van der Waals surface area contributed by atoms with Crippen LogP contribution in [0.2, 0.25) is 0 Å². The number of rotatable bonds is 0. The predicted molar refractivity (Wildman–Crippen MR) is 53.6 cm³/mol. The SMILES string of the molecule is Cc1cccc2c3c([nH]c12)CNC3. The molecule has 2 aromatic rings. The maximum atomic E-state index is 3.48. The van der Waals surface area contributed by atoms with Crippen molar-refractivity contribution in [3.8, 4) is 0 Å². The second-order valence-electron chi connectivity index (χ2n) is 3.68. The van der Waals surface area contributed by atoms with E-state index in [2.05, 4.69) is 35.4 Å². The number of aryl methyl sites for hydroxylation is 1. The van der Waals surface area contributed by atoms with E-state index in [1.54, 1.807) is 0 Å². The molecule has 2 N–H and O–H groups in total. The van der Waals surface area contributed by atoms with Crippen LogP contribution in [0.5, 0.6) is 0 Å². The number of H-pyrrole nitrogens is 1. The first-order chi connectivity index (χ1) is 6.36. The first-order valence-electron chi connectivity index (χ1n) is 4.66. The summed E-state index contributed by atoms with van der Waals surface area (Å²) in [6, 6.07) is 6.48. The summed E-state index contributed by atoms with van der Waals surface area (Å²) >= 11 is 0. The van der Waals surface area contributed by atoms with Crippen LogP contribution in [0.4, 0.5) is 0 Å². The molecule has 0 aliphatic carbocycles. The molecule has 1 aromatic heterocycles. The van der Waals surface area contributed by atoms with Gasteiger partial charge in [0.1, 0.15) is 0 Å². The lowest BCUT2D eigenvalue weighted by molar-refractivity contribution is 0.757. The number of hydrogen-bond donors (Lipinski definition) is 2. The lowest BCUT2D eigenvalue weighted by atomic mass is 10.1. The van der Waals surface area contributed by atoms with Crippen molar-refractivity contribution in [1.82, 2.24) is 10.3 Å². The zero-order valence-electron chi connectivity index (χ0n) is 7.65. The Balaban J connectivity index is 2.44. The molecule has 2 nitrogen and oxygen atoms in total. The number of hydrogen-bond acceptors (Lipinski definition) is 1. The molecule has 0 bridgehead atoms. The highest BCUT2D eigenvalue weighted by Gasteiger charge is 2.16. The van der Waals surface area contributed by atoms with Crippen molar-refractivity contribution in [2.75, 3.05) is 0 Å². The summed E-state index contributed by atoms with van der Waals surface area (Å²) in [4.78, 5) is 3.48. The van der Waals surface area contributed by atoms with Crippen LogP contribution in [0.15, 0.2) is 18.2 Å². The zero-order valence-corrected chi connectivity index (χ0v) is 7.65. The van der Waals surface area contributed by atoms with Gasteiger partial charge in [0.25, 0.3) is 0 Å². The largest absolute Gasteiger partial charge is 0.357 e. The van der Waals surface area contributed by atoms with E-state index in [1.165, 1.54) is 27.7 Å². The molecular weight excluding hydrogens is 160 g/mol. The second kappa shape index (κ2) is 2.36. The van der Waals surface area contributed by atoms with E-state index in [0.717, 1.165) is 13.1 Å². The fraction of sp³-hybridized carbons (Fsp3) is 0.273. The molecule has 0 fully saturated rings. The molecule has 66 valence electrons. The van der Waals surface area contributed by atoms with E-state index in [0.29, 0.717) is 0 Å². The van der Waals surface area contributed by atoms with Crippen molar-refractivity contribution >= 4 is 10.9 Å². The Morgan fingerprint density at radius 3 is 3.08 bits per heavy atom. The van der Waals surface area contributed by atoms with Crippen LogP contribution in [-0.4, -0.2) is 4.98 Å². The molecular formula is C11H12N2. The van der Waals surface area contributed by atoms with Crippen molar-refractivity contribution in [2.24, 2.45) is 0 Å². The first kappa shape index (κ1) is 7.15. The average Bonchev–Trinajstić information content (AvgIpc) is 2.65. The number of fused-ring (bicyclic) bond motifs is 3. The van der Waals surface area contributed by atoms with Crippen LogP contribution in [0.25, 0.3) is 10.9 Å². The zero-order chi connectivity index (χ0) is 8.84. The molecule has 3 rings (SSSR count). The fourth-order valence-corrected chi connectivity index (χ4v) is 2.14. The van der Waals surface area contributed by atoms with Gasteiger partial charge in [0.15, 0.2) is 0 Å². The highest BCUT2D eigenvalue weighted by molar-refractivity contribution is 5.87. The van der Waals surface area contributed by atoms with Gasteiger partial charge in [-0.3, -0.25) is 0 Å². The minimum atomic E-state index is 0.990. The summed E-state index contributed by atoms with van der Waals surface area (Å²) in [5, 5.41) is 4.74. The van der Waals surface area contributed by atoms with Gasteiger partial charge in [-0.25, -0.2) is 0 Å². The van der Waals surface area contributed by atoms with Crippen LogP contribution in [-0.2, 0) is 13.1 Å². The molecule has 2 heterocycles. The van der Waals surface area contributed by atoms with Gasteiger partial charge in [-0.05, 0) is 18.1 Å². The summed E-state index contributed by atoms with van der Waals surface area (Å²) in [6.45, 7) is 4.16. The van der Waals surface area contributed by atoms with E-state index >= 15 is 0 Å². The second-order valence-corrected chi connectivity index (χ2v) is 3.68. The van der Waals surface area contributed by atoms with Crippen molar-refractivity contribution in [3.63, 3.8) is 0 Å². The molecule has 0 atom stereocenters. The average molecular weight is 172 g/mol. The minimum absolute atomic E-state index is 0.990. The van der Waals surface area contributed by atoms with Crippen LogP contribution in [0.3, 0.4) is 0 Å². The van der Waals surface area contributed by atoms with Gasteiger partial charge in [0, 0.05) is 29.7 Å². The standard InChI is InChI=1S/C11H12N2/c1-7-3-2-4-8-9-5-12-6-10(9)13-11(7)8/h2-4,12-13H,5-6H2,1H3. The molecule has 0 radical (unpaired) electrons. The third kappa shape index (κ3) is 0.864. The van der Waals surface area contributed by atoms with Gasteiger partial charge in [-0.15, -0.1) is 0 Å². The summed E-state index contributed by atoms with van der Waals surface area (Å²) < 4.78 is 0. The Labute approximate surface area is 77.0 Å². The molecule has 0 amide bonds. The smallest absolute Gasteiger partial charge is 0.0489 e. The number of para-hydroxylation sites is 1. The number of benzene rings is 1. The van der Waals surface area contributed by atoms with E-state index in [-0.39, 0.29) is 0 Å². The maximum Gasteiger partial charge on any atom is 0.0489 e. The summed E-state index contributed by atoms with van der Waals surface area (Å²) in [5.74, 6) is 0. The number of aromatic nitrogens is 1. The third-order valence-electron chi connectivity index (χ3n) is 2.84. The lowest BCUT2D eigenvalue weighted by Gasteiger charge is -1.97. The molecule has 0 saturated carbocycles. The topological polar surface area (TPSA) is 27.8 Å². The summed E-state index contributed by atoms with van der Waals surface area (Å²) in [7, 11) is 0. The van der Waals surface area contributed by atoms with Gasteiger partial charge in [0.2, 0.25) is 0 Å². The van der Waals surface area contributed by atoms with Crippen LogP contribution in [0.1, 0.15) is 16.8 Å². The maximum absolute atomic E-state index is 3.48. The molecule has 1 aliphatic rings. The third-order valence-corrected chi connectivity index (χ3v) is 2.84. The first-order valence-corrected chi connectivity index (χ1v) is 4.66. The quantitative estimate of drug-likeness (QED) is 0.625. The Morgan fingerprint density at radius 1 is 1.23 bits per heavy atom. The number of nitrogens with one attached hydrogen (secondary N) is 2. The van der Waals surface area contributed by atoms with Gasteiger partial charge in [-0.1, -0.05) is 18.2 Å². The fourth-order valence-electron chi connectivity index (χ4n) is 2.14. The molecule has 13 heavy (non-hydrogen) atoms. The Bertz CT molecular complexity index is 468. The lowest BCUT2D eigenvalue weighted by Crippen LogP contribution is -2.01. The van der Waals surface area contributed by atoms with Crippen LogP contribution in [0, 0.1) is 6.92 Å².